The van der Waals surface area contributed by atoms with Gasteiger partial charge in [0, 0.05) is 34.0 Å². The normalized spacial score (nSPS) is 13.7. The molecule has 0 fully saturated rings. The van der Waals surface area contributed by atoms with Crippen LogP contribution < -0.4 is 0 Å². The van der Waals surface area contributed by atoms with Crippen LogP contribution in [-0.4, -0.2) is 70.0 Å². The van der Waals surface area contributed by atoms with Crippen molar-refractivity contribution in [3.8, 4) is 22.5 Å². The topological polar surface area (TPSA) is 46.0 Å². The predicted octanol–water partition coefficient (Wildman–Crippen LogP) is 3.65. The summed E-state index contributed by atoms with van der Waals surface area (Å²) in [5.41, 5.74) is 1.67. The second kappa shape index (κ2) is 11.6. The molecular weight excluding hydrogens is 540 g/mol. The number of hydrogen-bond acceptors (Lipinski definition) is 3. The second-order valence-corrected chi connectivity index (χ2v) is 11.1. The zero-order valence-corrected chi connectivity index (χ0v) is 24.0. The first-order chi connectivity index (χ1) is 20.2. The van der Waals surface area contributed by atoms with Crippen molar-refractivity contribution >= 4 is 66.5 Å². The van der Waals surface area contributed by atoms with E-state index in [0.717, 1.165) is 11.1 Å². The number of halogens is 1. The summed E-state index contributed by atoms with van der Waals surface area (Å²) in [5, 5.41) is 5.96. The van der Waals surface area contributed by atoms with E-state index < -0.39 is 21.1 Å². The predicted molar refractivity (Wildman–Crippen MR) is 180 cm³/mol. The van der Waals surface area contributed by atoms with E-state index in [2.05, 4.69) is 9.97 Å². The molecule has 2 aromatic heterocycles. The lowest BCUT2D eigenvalue weighted by atomic mass is 9.27. The number of benzene rings is 3. The van der Waals surface area contributed by atoms with Gasteiger partial charge in [0.25, 0.3) is 0 Å². The van der Waals surface area contributed by atoms with Gasteiger partial charge in [-0.2, -0.15) is 0 Å². The average molecular weight is 560 g/mol. The molecule has 5 aromatic rings. The van der Waals surface area contributed by atoms with Crippen LogP contribution in [0.5, 0.6) is 0 Å². The summed E-state index contributed by atoms with van der Waals surface area (Å²) in [6, 6.07) is 30.3. The van der Waals surface area contributed by atoms with Crippen LogP contribution in [0.2, 0.25) is 5.02 Å². The Morgan fingerprint density at radius 2 is 0.907 bits per heavy atom. The third-order valence-electron chi connectivity index (χ3n) is 7.75. The third-order valence-corrected chi connectivity index (χ3v) is 7.97. The van der Waals surface area contributed by atoms with Gasteiger partial charge in [-0.05, 0) is 41.0 Å². The maximum absolute atomic E-state index is 11.6. The summed E-state index contributed by atoms with van der Waals surface area (Å²) in [5.74, 6) is 0. The lowest BCUT2D eigenvalue weighted by Gasteiger charge is -2.47. The number of aliphatic hydroxyl groups is 1. The summed E-state index contributed by atoms with van der Waals surface area (Å²) in [7, 11) is 45.8. The van der Waals surface area contributed by atoms with Crippen molar-refractivity contribution in [2.45, 2.75) is 21.1 Å². The molecule has 2 heterocycles. The van der Waals surface area contributed by atoms with Gasteiger partial charge in [-0.1, -0.05) is 112 Å². The van der Waals surface area contributed by atoms with Crippen molar-refractivity contribution in [2.75, 3.05) is 0 Å². The fourth-order valence-corrected chi connectivity index (χ4v) is 5.06. The highest BCUT2D eigenvalue weighted by Gasteiger charge is 2.43. The highest BCUT2D eigenvalue weighted by molar-refractivity contribution is 6.54. The van der Waals surface area contributed by atoms with Crippen molar-refractivity contribution < 1.29 is 5.11 Å². The van der Waals surface area contributed by atoms with Gasteiger partial charge in [0.05, 0.1) is 58.5 Å². The molecule has 3 aromatic carbocycles. The largest absolute Gasteiger partial charge is 0.396 e. The molecule has 3 nitrogen and oxygen atoms in total. The van der Waals surface area contributed by atoms with E-state index in [4.69, 9.17) is 66.5 Å². The van der Waals surface area contributed by atoms with Crippen molar-refractivity contribution in [1.29, 1.82) is 0 Å². The molecular formula is C32H20B7ClN2O. The highest BCUT2D eigenvalue weighted by atomic mass is 35.5. The number of rotatable bonds is 8. The lowest BCUT2D eigenvalue weighted by molar-refractivity contribution is 0.107. The van der Waals surface area contributed by atoms with E-state index in [1.807, 2.05) is 60.7 Å². The first-order valence-corrected chi connectivity index (χ1v) is 13.7. The van der Waals surface area contributed by atoms with Crippen LogP contribution in [0.15, 0.2) is 116 Å². The molecule has 1 unspecified atom stereocenters. The highest BCUT2D eigenvalue weighted by Crippen LogP contribution is 2.41. The molecule has 5 rings (SSSR count). The van der Waals surface area contributed by atoms with Crippen molar-refractivity contribution in [3.05, 3.63) is 143 Å². The quantitative estimate of drug-likeness (QED) is 0.296. The molecule has 192 valence electrons. The van der Waals surface area contributed by atoms with Crippen molar-refractivity contribution in [1.82, 2.24) is 9.97 Å². The Hall–Kier alpha value is -3.34. The molecule has 43 heavy (non-hydrogen) atoms. The van der Waals surface area contributed by atoms with Gasteiger partial charge in [0.2, 0.25) is 0 Å². The minimum Gasteiger partial charge on any atom is -0.396 e. The number of nitrogens with zero attached hydrogens (tertiary/aromatic N) is 2. The SMILES string of the molecule is [B]C([B])(c1ccc(-c2ccccc2)nc1)C([B])([B])c1cc(Cl)cc(C([B])(O)C([B])([B])c2ccc(-c3ccccc3)nc2)c1. The van der Waals surface area contributed by atoms with Crippen molar-refractivity contribution in [3.63, 3.8) is 0 Å². The second-order valence-electron chi connectivity index (χ2n) is 10.7. The molecule has 14 radical (unpaired) electrons. The van der Waals surface area contributed by atoms with E-state index in [-0.39, 0.29) is 21.7 Å². The third kappa shape index (κ3) is 5.80. The first kappa shape index (κ1) is 31.1. The maximum Gasteiger partial charge on any atom is 0.119 e. The molecule has 0 amide bonds. The molecule has 1 N–H and O–H groups in total. The van der Waals surface area contributed by atoms with Gasteiger partial charge in [0.1, 0.15) is 7.85 Å². The monoisotopic (exact) mass is 560 g/mol. The van der Waals surface area contributed by atoms with E-state index in [0.29, 0.717) is 17.0 Å². The molecule has 0 aliphatic carbocycles. The zero-order chi connectivity index (χ0) is 31.0. The molecule has 0 aliphatic heterocycles. The molecule has 0 bridgehead atoms. The van der Waals surface area contributed by atoms with Crippen LogP contribution in [0.3, 0.4) is 0 Å². The minimum atomic E-state index is -2.37. The molecule has 0 saturated carbocycles. The van der Waals surface area contributed by atoms with Crippen LogP contribution in [0.4, 0.5) is 0 Å². The Morgan fingerprint density at radius 3 is 1.35 bits per heavy atom. The van der Waals surface area contributed by atoms with Crippen LogP contribution >= 0.6 is 11.6 Å². The summed E-state index contributed by atoms with van der Waals surface area (Å²) < 4.78 is 0. The van der Waals surface area contributed by atoms with Crippen LogP contribution in [0, 0.1) is 0 Å². The van der Waals surface area contributed by atoms with Crippen LogP contribution in [0.1, 0.15) is 22.3 Å². The van der Waals surface area contributed by atoms with Gasteiger partial charge < -0.3 is 5.11 Å². The van der Waals surface area contributed by atoms with E-state index in [9.17, 15) is 5.11 Å². The van der Waals surface area contributed by atoms with Crippen LogP contribution in [-0.2, 0) is 21.1 Å². The van der Waals surface area contributed by atoms with E-state index >= 15 is 0 Å². The fraction of sp³-hybridized carbons (Fsp3) is 0.125. The van der Waals surface area contributed by atoms with Gasteiger partial charge in [-0.25, -0.2) is 0 Å². The summed E-state index contributed by atoms with van der Waals surface area (Å²) in [6.07, 6.45) is 2.97. The fourth-order valence-electron chi connectivity index (χ4n) is 4.82. The van der Waals surface area contributed by atoms with Crippen molar-refractivity contribution in [2.24, 2.45) is 0 Å². The van der Waals surface area contributed by atoms with Gasteiger partial charge in [-0.15, -0.1) is 0 Å². The number of hydrogen-bond donors (Lipinski definition) is 1. The molecule has 0 aliphatic rings. The summed E-state index contributed by atoms with van der Waals surface area (Å²) in [6.45, 7) is 0. The molecule has 11 heteroatoms. The van der Waals surface area contributed by atoms with E-state index in [1.54, 1.807) is 24.3 Å². The lowest BCUT2D eigenvalue weighted by Crippen LogP contribution is -2.53. The van der Waals surface area contributed by atoms with Gasteiger partial charge >= 0.3 is 0 Å². The molecule has 0 saturated heterocycles. The summed E-state index contributed by atoms with van der Waals surface area (Å²) >= 11 is 6.47. The Balaban J connectivity index is 1.47. The summed E-state index contributed by atoms with van der Waals surface area (Å²) in [4.78, 5) is 8.95. The Labute approximate surface area is 267 Å². The standard InChI is InChI=1S/C32H20B7ClN2O/c33-29(34,22-11-13-27(41-18-22)20-7-3-1-4-8-20)30(35,36)24-15-25(17-26(40)16-24)32(39,43)31(37,38)23-12-14-28(42-19-23)21-9-5-2-6-10-21/h1-19,43H. The minimum absolute atomic E-state index is 0.0285. The number of pyridine rings is 2. The Bertz CT molecular complexity index is 1590. The zero-order valence-electron chi connectivity index (χ0n) is 23.2. The van der Waals surface area contributed by atoms with Gasteiger partial charge in [-0.3, -0.25) is 9.97 Å². The molecule has 1 atom stereocenters. The Kier molecular flexibility index (Phi) is 8.41. The first-order valence-electron chi connectivity index (χ1n) is 13.3. The number of aromatic nitrogens is 2. The smallest absolute Gasteiger partial charge is 0.119 e. The molecule has 0 spiro atoms. The average Bonchev–Trinajstić information content (AvgIpc) is 3.01. The Morgan fingerprint density at radius 1 is 0.488 bits per heavy atom. The van der Waals surface area contributed by atoms with Gasteiger partial charge in [0.15, 0.2) is 0 Å². The van der Waals surface area contributed by atoms with Crippen LogP contribution in [0.25, 0.3) is 22.5 Å². The maximum atomic E-state index is 11.6. The van der Waals surface area contributed by atoms with E-state index in [1.165, 1.54) is 30.6 Å².